The van der Waals surface area contributed by atoms with E-state index in [1.54, 1.807) is 6.92 Å². The Labute approximate surface area is 78.2 Å². The van der Waals surface area contributed by atoms with Crippen molar-refractivity contribution >= 4 is 6.09 Å². The van der Waals surface area contributed by atoms with Crippen LogP contribution in [0.3, 0.4) is 0 Å². The lowest BCUT2D eigenvalue weighted by molar-refractivity contribution is -0.0852. The van der Waals surface area contributed by atoms with Crippen LogP contribution in [0.2, 0.25) is 0 Å². The van der Waals surface area contributed by atoms with Crippen molar-refractivity contribution in [1.29, 1.82) is 0 Å². The van der Waals surface area contributed by atoms with Crippen molar-refractivity contribution in [1.82, 2.24) is 4.90 Å². The average Bonchev–Trinajstić information content (AvgIpc) is 2.00. The minimum Gasteiger partial charge on any atom is -0.465 e. The fourth-order valence-electron chi connectivity index (χ4n) is 1.75. The Hall–Kier alpha value is -0.770. The number of aliphatic hydroxyl groups is 1. The van der Waals surface area contributed by atoms with E-state index in [2.05, 4.69) is 0 Å². The topological polar surface area (TPSA) is 60.8 Å². The number of carboxylic acid groups (broad SMARTS) is 1. The van der Waals surface area contributed by atoms with Crippen molar-refractivity contribution in [2.24, 2.45) is 11.8 Å². The average molecular weight is 187 g/mol. The Bertz CT molecular complexity index is 201. The van der Waals surface area contributed by atoms with Crippen LogP contribution >= 0.6 is 0 Å². The van der Waals surface area contributed by atoms with Crippen LogP contribution in [0, 0.1) is 11.8 Å². The quantitative estimate of drug-likeness (QED) is 0.594. The van der Waals surface area contributed by atoms with Crippen LogP contribution in [-0.2, 0) is 0 Å². The summed E-state index contributed by atoms with van der Waals surface area (Å²) in [6.45, 7) is 6.39. The van der Waals surface area contributed by atoms with Gasteiger partial charge in [0, 0.05) is 24.9 Å². The predicted octanol–water partition coefficient (Wildman–Crippen LogP) is 1.00. The molecule has 1 amide bonds. The van der Waals surface area contributed by atoms with Gasteiger partial charge in [-0.25, -0.2) is 4.79 Å². The number of hydrogen-bond acceptors (Lipinski definition) is 2. The van der Waals surface area contributed by atoms with Gasteiger partial charge >= 0.3 is 6.09 Å². The lowest BCUT2D eigenvalue weighted by Gasteiger charge is -2.44. The molecule has 0 aromatic carbocycles. The number of hydrogen-bond donors (Lipinski definition) is 2. The first-order valence-corrected chi connectivity index (χ1v) is 4.56. The molecule has 2 N–H and O–H groups in total. The molecule has 1 fully saturated rings. The van der Waals surface area contributed by atoms with Crippen molar-refractivity contribution in [3.05, 3.63) is 0 Å². The van der Waals surface area contributed by atoms with E-state index in [9.17, 15) is 9.90 Å². The third kappa shape index (κ3) is 1.77. The Kier molecular flexibility index (Phi) is 2.52. The number of nitrogens with zero attached hydrogens (tertiary/aromatic N) is 1. The Morgan fingerprint density at radius 3 is 2.08 bits per heavy atom. The summed E-state index contributed by atoms with van der Waals surface area (Å²) in [5, 5.41) is 18.8. The molecule has 0 aromatic heterocycles. The molecule has 0 spiro atoms. The minimum atomic E-state index is -0.894. The number of carbonyl (C=O) groups is 1. The highest BCUT2D eigenvalue weighted by atomic mass is 16.4. The van der Waals surface area contributed by atoms with Crippen LogP contribution in [-0.4, -0.2) is 39.9 Å². The lowest BCUT2D eigenvalue weighted by Crippen LogP contribution is -2.55. The zero-order chi connectivity index (χ0) is 10.2. The third-order valence-electron chi connectivity index (χ3n) is 3.25. The molecule has 1 aliphatic heterocycles. The number of rotatable bonds is 0. The molecular weight excluding hydrogens is 170 g/mol. The van der Waals surface area contributed by atoms with E-state index in [-0.39, 0.29) is 11.8 Å². The summed E-state index contributed by atoms with van der Waals surface area (Å²) in [6.07, 6.45) is -0.894. The Morgan fingerprint density at radius 1 is 1.38 bits per heavy atom. The summed E-state index contributed by atoms with van der Waals surface area (Å²) in [6, 6.07) is 0. The first-order valence-electron chi connectivity index (χ1n) is 4.56. The largest absolute Gasteiger partial charge is 0.465 e. The summed E-state index contributed by atoms with van der Waals surface area (Å²) in [7, 11) is 0. The van der Waals surface area contributed by atoms with Gasteiger partial charge in [-0.3, -0.25) is 0 Å². The number of piperidine rings is 1. The molecule has 0 aromatic rings. The predicted molar refractivity (Wildman–Crippen MR) is 48.5 cm³/mol. The van der Waals surface area contributed by atoms with Crippen LogP contribution in [0.25, 0.3) is 0 Å². The maximum absolute atomic E-state index is 10.7. The molecule has 4 nitrogen and oxygen atoms in total. The third-order valence-corrected chi connectivity index (χ3v) is 3.25. The molecule has 0 bridgehead atoms. The Balaban J connectivity index is 2.73. The molecule has 13 heavy (non-hydrogen) atoms. The molecule has 3 atom stereocenters. The molecule has 1 heterocycles. The first-order chi connectivity index (χ1) is 5.85. The summed E-state index contributed by atoms with van der Waals surface area (Å²) in [4.78, 5) is 12.1. The number of likely N-dealkylation sites (tertiary alicyclic amines) is 1. The summed E-state index contributed by atoms with van der Waals surface area (Å²) >= 11 is 0. The van der Waals surface area contributed by atoms with Gasteiger partial charge in [-0.05, 0) is 6.92 Å². The highest BCUT2D eigenvalue weighted by Gasteiger charge is 2.41. The van der Waals surface area contributed by atoms with Crippen LogP contribution in [0.15, 0.2) is 0 Å². The maximum Gasteiger partial charge on any atom is 0.407 e. The maximum atomic E-state index is 10.7. The van der Waals surface area contributed by atoms with Crippen LogP contribution in [0.5, 0.6) is 0 Å². The second kappa shape index (κ2) is 3.18. The van der Waals surface area contributed by atoms with Gasteiger partial charge in [0.05, 0.1) is 5.60 Å². The Morgan fingerprint density at radius 2 is 1.77 bits per heavy atom. The smallest absolute Gasteiger partial charge is 0.407 e. The van der Waals surface area contributed by atoms with Crippen molar-refractivity contribution in [2.45, 2.75) is 26.4 Å². The van der Waals surface area contributed by atoms with Gasteiger partial charge in [-0.15, -0.1) is 0 Å². The van der Waals surface area contributed by atoms with Gasteiger partial charge in [0.15, 0.2) is 0 Å². The molecule has 1 saturated heterocycles. The van der Waals surface area contributed by atoms with Crippen molar-refractivity contribution < 1.29 is 15.0 Å². The first kappa shape index (κ1) is 10.3. The molecule has 4 heteroatoms. The van der Waals surface area contributed by atoms with Gasteiger partial charge in [0.25, 0.3) is 0 Å². The van der Waals surface area contributed by atoms with Crippen molar-refractivity contribution in [2.75, 3.05) is 13.1 Å². The van der Waals surface area contributed by atoms with Gasteiger partial charge in [0.2, 0.25) is 0 Å². The molecule has 1 rings (SSSR count). The fourth-order valence-corrected chi connectivity index (χ4v) is 1.75. The lowest BCUT2D eigenvalue weighted by atomic mass is 9.77. The fraction of sp³-hybridized carbons (Fsp3) is 0.889. The summed E-state index contributed by atoms with van der Waals surface area (Å²) in [5.74, 6) is -0.0142. The second-order valence-electron chi connectivity index (χ2n) is 4.22. The molecular formula is C9H17NO3. The molecule has 0 aliphatic carbocycles. The van der Waals surface area contributed by atoms with Gasteiger partial charge < -0.3 is 15.1 Å². The zero-order valence-corrected chi connectivity index (χ0v) is 8.32. The minimum absolute atomic E-state index is 0.00708. The summed E-state index contributed by atoms with van der Waals surface area (Å²) in [5.41, 5.74) is -0.744. The normalized spacial score (nSPS) is 40.5. The van der Waals surface area contributed by atoms with E-state index in [0.717, 1.165) is 0 Å². The van der Waals surface area contributed by atoms with E-state index < -0.39 is 11.7 Å². The molecule has 1 aliphatic rings. The van der Waals surface area contributed by atoms with Gasteiger partial charge in [-0.2, -0.15) is 0 Å². The van der Waals surface area contributed by atoms with E-state index >= 15 is 0 Å². The second-order valence-corrected chi connectivity index (χ2v) is 4.22. The monoisotopic (exact) mass is 187 g/mol. The van der Waals surface area contributed by atoms with Gasteiger partial charge in [-0.1, -0.05) is 13.8 Å². The van der Waals surface area contributed by atoms with E-state index in [4.69, 9.17) is 5.11 Å². The molecule has 0 unspecified atom stereocenters. The van der Waals surface area contributed by atoms with E-state index in [0.29, 0.717) is 13.1 Å². The van der Waals surface area contributed by atoms with Gasteiger partial charge in [0.1, 0.15) is 0 Å². The highest BCUT2D eigenvalue weighted by Crippen LogP contribution is 2.31. The summed E-state index contributed by atoms with van der Waals surface area (Å²) < 4.78 is 0. The van der Waals surface area contributed by atoms with E-state index in [1.807, 2.05) is 13.8 Å². The SMILES string of the molecule is C[C@@H]1CN(C(=O)O)C[C@H](C)[C@]1(C)O. The van der Waals surface area contributed by atoms with E-state index in [1.165, 1.54) is 4.90 Å². The van der Waals surface area contributed by atoms with Crippen LogP contribution < -0.4 is 0 Å². The van der Waals surface area contributed by atoms with Crippen molar-refractivity contribution in [3.63, 3.8) is 0 Å². The zero-order valence-electron chi connectivity index (χ0n) is 8.32. The standard InChI is InChI=1S/C9H17NO3/c1-6-4-10(8(11)12)5-7(2)9(6,3)13/h6-7,13H,4-5H2,1-3H3,(H,11,12)/t6-,7+,9-. The molecule has 0 radical (unpaired) electrons. The van der Waals surface area contributed by atoms with Crippen LogP contribution in [0.4, 0.5) is 4.79 Å². The molecule has 76 valence electrons. The number of amides is 1. The molecule has 0 saturated carbocycles. The van der Waals surface area contributed by atoms with Crippen molar-refractivity contribution in [3.8, 4) is 0 Å². The highest BCUT2D eigenvalue weighted by molar-refractivity contribution is 5.65. The van der Waals surface area contributed by atoms with Crippen LogP contribution in [0.1, 0.15) is 20.8 Å².